The van der Waals surface area contributed by atoms with Gasteiger partial charge in [-0.3, -0.25) is 0 Å². The molecule has 0 spiro atoms. The maximum absolute atomic E-state index is 6.69. The molecule has 0 saturated heterocycles. The highest BCUT2D eigenvalue weighted by Crippen LogP contribution is 2.51. The monoisotopic (exact) mass is 695 g/mol. The second-order valence-electron chi connectivity index (χ2n) is 14.4. The molecule has 0 bridgehead atoms. The van der Waals surface area contributed by atoms with Crippen molar-refractivity contribution in [1.82, 2.24) is 0 Å². The molecule has 6 rings (SSSR count). The molecule has 0 aromatic heterocycles. The smallest absolute Gasteiger partial charge is 0.122 e. The van der Waals surface area contributed by atoms with Crippen LogP contribution in [-0.4, -0.2) is 20.8 Å². The normalized spacial score (nSPS) is 17.6. The first kappa shape index (κ1) is 36.1. The van der Waals surface area contributed by atoms with Crippen LogP contribution in [-0.2, 0) is 23.7 Å². The van der Waals surface area contributed by atoms with Gasteiger partial charge in [0.2, 0.25) is 0 Å². The van der Waals surface area contributed by atoms with Gasteiger partial charge >= 0.3 is 0 Å². The molecule has 0 aliphatic carbocycles. The molecular formula is C47H50ClNO2. The van der Waals surface area contributed by atoms with Crippen LogP contribution in [0.15, 0.2) is 133 Å². The van der Waals surface area contributed by atoms with Crippen molar-refractivity contribution in [1.29, 1.82) is 0 Å². The van der Waals surface area contributed by atoms with Gasteiger partial charge in [0.05, 0.1) is 14.2 Å². The Morgan fingerprint density at radius 1 is 0.882 bits per heavy atom. The van der Waals surface area contributed by atoms with Crippen molar-refractivity contribution in [2.75, 3.05) is 25.7 Å². The van der Waals surface area contributed by atoms with E-state index in [1.165, 1.54) is 50.0 Å². The lowest BCUT2D eigenvalue weighted by molar-refractivity contribution is 0.392. The van der Waals surface area contributed by atoms with Crippen molar-refractivity contribution >= 4 is 28.1 Å². The van der Waals surface area contributed by atoms with Crippen molar-refractivity contribution in [3.05, 3.63) is 172 Å². The fourth-order valence-corrected chi connectivity index (χ4v) is 8.33. The number of allylic oxidation sites excluding steroid dienone is 5. The van der Waals surface area contributed by atoms with Crippen LogP contribution < -0.4 is 14.4 Å². The molecule has 0 radical (unpaired) electrons. The number of benzene rings is 5. The Labute approximate surface area is 309 Å². The predicted molar refractivity (Wildman–Crippen MR) is 217 cm³/mol. The predicted octanol–water partition coefficient (Wildman–Crippen LogP) is 12.1. The van der Waals surface area contributed by atoms with Gasteiger partial charge in [0.15, 0.2) is 0 Å². The van der Waals surface area contributed by atoms with Crippen molar-refractivity contribution in [2.45, 2.75) is 64.7 Å². The van der Waals surface area contributed by atoms with Crippen LogP contribution in [0.3, 0.4) is 0 Å². The Kier molecular flexibility index (Phi) is 10.5. The van der Waals surface area contributed by atoms with Gasteiger partial charge in [-0.1, -0.05) is 105 Å². The first-order valence-electron chi connectivity index (χ1n) is 17.9. The number of methoxy groups -OCH3 is 2. The Morgan fingerprint density at radius 2 is 1.59 bits per heavy atom. The minimum Gasteiger partial charge on any atom is -0.497 e. The van der Waals surface area contributed by atoms with E-state index in [1.54, 1.807) is 14.2 Å². The Hall–Kier alpha value is -4.73. The quantitative estimate of drug-likeness (QED) is 0.121. The van der Waals surface area contributed by atoms with E-state index in [0.717, 1.165) is 47.0 Å². The minimum absolute atomic E-state index is 0.278. The van der Waals surface area contributed by atoms with Crippen molar-refractivity contribution in [3.8, 4) is 11.5 Å². The van der Waals surface area contributed by atoms with Crippen LogP contribution in [0.1, 0.15) is 60.6 Å². The fraction of sp³-hybridized carbons (Fsp3) is 0.277. The number of aryl methyl sites for hydroxylation is 2. The maximum atomic E-state index is 6.69. The third-order valence-corrected chi connectivity index (χ3v) is 11.1. The second-order valence-corrected chi connectivity index (χ2v) is 14.8. The average Bonchev–Trinajstić information content (AvgIpc) is 3.34. The van der Waals surface area contributed by atoms with Gasteiger partial charge in [-0.25, -0.2) is 0 Å². The Morgan fingerprint density at radius 3 is 2.29 bits per heavy atom. The summed E-state index contributed by atoms with van der Waals surface area (Å²) in [6.45, 7) is 17.1. The second kappa shape index (κ2) is 14.9. The molecule has 0 amide bonds. The number of ether oxygens (including phenoxy) is 2. The van der Waals surface area contributed by atoms with Gasteiger partial charge in [0.1, 0.15) is 11.5 Å². The van der Waals surface area contributed by atoms with E-state index in [9.17, 15) is 0 Å². The number of nitrogens with zero attached hydrogens (tertiary/aromatic N) is 1. The van der Waals surface area contributed by atoms with Crippen LogP contribution in [0.5, 0.6) is 11.5 Å². The highest BCUT2D eigenvalue weighted by atomic mass is 35.5. The van der Waals surface area contributed by atoms with Crippen LogP contribution in [0.2, 0.25) is 5.02 Å². The molecule has 1 heterocycles. The number of halogens is 1. The molecule has 5 aromatic rings. The van der Waals surface area contributed by atoms with Crippen LogP contribution in [0.4, 0.5) is 5.69 Å². The van der Waals surface area contributed by atoms with Gasteiger partial charge in [0.25, 0.3) is 0 Å². The maximum Gasteiger partial charge on any atom is 0.122 e. The fourth-order valence-electron chi connectivity index (χ4n) is 8.16. The van der Waals surface area contributed by atoms with E-state index >= 15 is 0 Å². The van der Waals surface area contributed by atoms with E-state index in [0.29, 0.717) is 6.42 Å². The summed E-state index contributed by atoms with van der Waals surface area (Å²) < 4.78 is 11.4. The van der Waals surface area contributed by atoms with Crippen molar-refractivity contribution in [2.24, 2.45) is 0 Å². The molecule has 1 aliphatic heterocycles. The lowest BCUT2D eigenvalue weighted by atomic mass is 9.69. The first-order chi connectivity index (χ1) is 24.5. The van der Waals surface area contributed by atoms with Gasteiger partial charge in [0, 0.05) is 39.8 Å². The molecule has 3 nitrogen and oxygen atoms in total. The Balaban J connectivity index is 1.48. The highest BCUT2D eigenvalue weighted by Gasteiger charge is 2.43. The number of hydrogen-bond acceptors (Lipinski definition) is 3. The molecule has 0 saturated carbocycles. The summed E-state index contributed by atoms with van der Waals surface area (Å²) in [5.41, 5.74) is 10.4. The first-order valence-corrected chi connectivity index (χ1v) is 18.3. The standard InChI is InChI=1S/C47H50ClNO2/c1-9-25-49-43-24-23-38(48)28-42(43)47(6,31-37-18-11-10-15-32(37)2)44(49)20-14-16-34(4)46(5,30-35-26-39(50-7)29-40(27-35)51-8)45-33(3)21-22-36-17-12-13-19-41(36)45/h10-24,26-29H,4,9,25,30-31H2,1-3,5-8H3/b16-14+,44-20+. The highest BCUT2D eigenvalue weighted by molar-refractivity contribution is 6.30. The molecule has 0 N–H and O–H groups in total. The molecule has 0 fully saturated rings. The minimum atomic E-state index is -0.447. The van der Waals surface area contributed by atoms with Crippen molar-refractivity contribution < 1.29 is 9.47 Å². The van der Waals surface area contributed by atoms with E-state index in [1.807, 2.05) is 12.1 Å². The van der Waals surface area contributed by atoms with Crippen LogP contribution >= 0.6 is 11.6 Å². The largest absolute Gasteiger partial charge is 0.497 e. The summed E-state index contributed by atoms with van der Waals surface area (Å²) in [5.74, 6) is 1.55. The lowest BCUT2D eigenvalue weighted by Crippen LogP contribution is -2.31. The number of rotatable bonds is 12. The summed E-state index contributed by atoms with van der Waals surface area (Å²) in [6, 6.07) is 34.4. The third kappa shape index (κ3) is 6.97. The zero-order valence-corrected chi connectivity index (χ0v) is 31.9. The van der Waals surface area contributed by atoms with Gasteiger partial charge in [-0.2, -0.15) is 0 Å². The third-order valence-electron chi connectivity index (χ3n) is 10.9. The summed E-state index contributed by atoms with van der Waals surface area (Å²) >= 11 is 6.69. The zero-order chi connectivity index (χ0) is 36.3. The molecule has 2 atom stereocenters. The van der Waals surface area contributed by atoms with Crippen LogP contribution in [0.25, 0.3) is 10.8 Å². The van der Waals surface area contributed by atoms with Crippen molar-refractivity contribution in [3.63, 3.8) is 0 Å². The number of anilines is 1. The van der Waals surface area contributed by atoms with E-state index in [-0.39, 0.29) is 5.41 Å². The van der Waals surface area contributed by atoms with E-state index < -0.39 is 5.41 Å². The Bertz CT molecular complexity index is 2120. The zero-order valence-electron chi connectivity index (χ0n) is 31.1. The molecule has 51 heavy (non-hydrogen) atoms. The number of hydrogen-bond donors (Lipinski definition) is 0. The lowest BCUT2D eigenvalue weighted by Gasteiger charge is -2.35. The summed E-state index contributed by atoms with van der Waals surface area (Å²) in [6.07, 6.45) is 9.37. The topological polar surface area (TPSA) is 21.7 Å². The molecule has 2 unspecified atom stereocenters. The van der Waals surface area contributed by atoms with Gasteiger partial charge in [-0.15, -0.1) is 0 Å². The van der Waals surface area contributed by atoms with Gasteiger partial charge in [-0.05, 0) is 126 Å². The molecule has 5 aromatic carbocycles. The molecular weight excluding hydrogens is 646 g/mol. The summed E-state index contributed by atoms with van der Waals surface area (Å²) in [7, 11) is 3.40. The van der Waals surface area contributed by atoms with E-state index in [4.69, 9.17) is 27.7 Å². The van der Waals surface area contributed by atoms with Gasteiger partial charge < -0.3 is 14.4 Å². The molecule has 262 valence electrons. The summed E-state index contributed by atoms with van der Waals surface area (Å²) in [4.78, 5) is 2.49. The SMILES string of the molecule is C=C(/C=C/C=C1/N(CCC)c2ccc(Cl)cc2C1(C)Cc1ccccc1C)C(C)(Cc1cc(OC)cc(OC)c1)c1c(C)ccc2ccccc12. The van der Waals surface area contributed by atoms with Crippen LogP contribution in [0, 0.1) is 13.8 Å². The molecule has 4 heteroatoms. The summed E-state index contributed by atoms with van der Waals surface area (Å²) in [5, 5.41) is 3.23. The molecule has 1 aliphatic rings. The number of fused-ring (bicyclic) bond motifs is 2. The average molecular weight is 696 g/mol. The van der Waals surface area contributed by atoms with E-state index in [2.05, 4.69) is 143 Å².